The van der Waals surface area contributed by atoms with Gasteiger partial charge < -0.3 is 10.1 Å². The molecule has 0 saturated heterocycles. The summed E-state index contributed by atoms with van der Waals surface area (Å²) in [6.07, 6.45) is 4.30. The summed E-state index contributed by atoms with van der Waals surface area (Å²) in [6.45, 7) is 3.26. The molecule has 104 valence electrons. The minimum Gasteiger partial charge on any atom is -0.488 e. The Kier molecular flexibility index (Phi) is 3.60. The maximum absolute atomic E-state index is 13.1. The summed E-state index contributed by atoms with van der Waals surface area (Å²) in [5.41, 5.74) is 2.74. The molecule has 0 radical (unpaired) electrons. The summed E-state index contributed by atoms with van der Waals surface area (Å²) in [5.74, 6) is 0.573. The lowest BCUT2D eigenvalue weighted by Gasteiger charge is -2.11. The van der Waals surface area contributed by atoms with Crippen LogP contribution >= 0.6 is 0 Å². The highest BCUT2D eigenvalue weighted by Crippen LogP contribution is 2.28. The minimum atomic E-state index is -0.212. The predicted molar refractivity (Wildman–Crippen MR) is 73.0 cm³/mol. The van der Waals surface area contributed by atoms with Crippen LogP contribution in [0.1, 0.15) is 17.0 Å². The van der Waals surface area contributed by atoms with E-state index in [0.717, 1.165) is 29.1 Å². The standard InChI is InChI=1S/C15H16FN3O/c1-10-6-19-13(8-18-10)7-17-9-14-5-11-4-12(16)2-3-15(11)20-14/h2-4,6,8,14,17H,5,7,9H2,1H3. The van der Waals surface area contributed by atoms with Gasteiger partial charge in [0.05, 0.1) is 11.4 Å². The number of ether oxygens (including phenoxy) is 1. The molecular formula is C15H16FN3O. The van der Waals surface area contributed by atoms with Crippen molar-refractivity contribution >= 4 is 0 Å². The first kappa shape index (κ1) is 13.0. The number of aryl methyl sites for hydroxylation is 1. The van der Waals surface area contributed by atoms with Crippen LogP contribution in [0.2, 0.25) is 0 Å². The molecule has 1 aliphatic rings. The van der Waals surface area contributed by atoms with Gasteiger partial charge in [-0.05, 0) is 25.1 Å². The summed E-state index contributed by atoms with van der Waals surface area (Å²) < 4.78 is 18.9. The first-order chi connectivity index (χ1) is 9.70. The molecule has 0 fully saturated rings. The average Bonchev–Trinajstić information content (AvgIpc) is 2.83. The Balaban J connectivity index is 1.50. The normalized spacial score (nSPS) is 16.8. The van der Waals surface area contributed by atoms with E-state index in [2.05, 4.69) is 15.3 Å². The van der Waals surface area contributed by atoms with Crippen LogP contribution in [0.25, 0.3) is 0 Å². The van der Waals surface area contributed by atoms with Crippen molar-refractivity contribution in [3.63, 3.8) is 0 Å². The Labute approximate surface area is 117 Å². The predicted octanol–water partition coefficient (Wildman–Crippen LogP) is 2.02. The lowest BCUT2D eigenvalue weighted by molar-refractivity contribution is 0.227. The van der Waals surface area contributed by atoms with Gasteiger partial charge in [-0.15, -0.1) is 0 Å². The highest BCUT2D eigenvalue weighted by atomic mass is 19.1. The zero-order valence-corrected chi connectivity index (χ0v) is 11.3. The Morgan fingerprint density at radius 1 is 1.35 bits per heavy atom. The third-order valence-electron chi connectivity index (χ3n) is 3.28. The maximum atomic E-state index is 13.1. The highest BCUT2D eigenvalue weighted by molar-refractivity contribution is 5.37. The summed E-state index contributed by atoms with van der Waals surface area (Å²) in [5, 5.41) is 3.29. The first-order valence-corrected chi connectivity index (χ1v) is 6.64. The Bertz CT molecular complexity index is 601. The van der Waals surface area contributed by atoms with Gasteiger partial charge in [0.2, 0.25) is 0 Å². The Hall–Kier alpha value is -2.01. The average molecular weight is 273 g/mol. The second-order valence-electron chi connectivity index (χ2n) is 4.98. The van der Waals surface area contributed by atoms with Crippen LogP contribution in [0.4, 0.5) is 4.39 Å². The van der Waals surface area contributed by atoms with Gasteiger partial charge in [-0.2, -0.15) is 0 Å². The van der Waals surface area contributed by atoms with Gasteiger partial charge in [0.25, 0.3) is 0 Å². The van der Waals surface area contributed by atoms with Gasteiger partial charge in [-0.1, -0.05) is 0 Å². The van der Waals surface area contributed by atoms with Crippen LogP contribution in [0, 0.1) is 12.7 Å². The van der Waals surface area contributed by atoms with E-state index >= 15 is 0 Å². The number of benzene rings is 1. The van der Waals surface area contributed by atoms with Gasteiger partial charge in [-0.3, -0.25) is 9.97 Å². The van der Waals surface area contributed by atoms with Crippen LogP contribution in [0.5, 0.6) is 5.75 Å². The molecule has 0 amide bonds. The fourth-order valence-corrected chi connectivity index (χ4v) is 2.27. The molecule has 0 aliphatic carbocycles. The topological polar surface area (TPSA) is 47.0 Å². The molecule has 20 heavy (non-hydrogen) atoms. The quantitative estimate of drug-likeness (QED) is 0.925. The monoisotopic (exact) mass is 273 g/mol. The molecule has 0 spiro atoms. The van der Waals surface area contributed by atoms with Crippen LogP contribution in [0.15, 0.2) is 30.6 Å². The Morgan fingerprint density at radius 2 is 2.25 bits per heavy atom. The number of rotatable bonds is 4. The molecule has 1 aromatic heterocycles. The van der Waals surface area contributed by atoms with Crippen molar-refractivity contribution in [3.05, 3.63) is 53.4 Å². The number of nitrogens with zero attached hydrogens (tertiary/aromatic N) is 2. The molecule has 4 nitrogen and oxygen atoms in total. The van der Waals surface area contributed by atoms with E-state index in [1.54, 1.807) is 24.5 Å². The molecule has 0 saturated carbocycles. The third-order valence-corrected chi connectivity index (χ3v) is 3.28. The highest BCUT2D eigenvalue weighted by Gasteiger charge is 2.22. The second kappa shape index (κ2) is 5.54. The molecule has 2 aromatic rings. The summed E-state index contributed by atoms with van der Waals surface area (Å²) in [7, 11) is 0. The first-order valence-electron chi connectivity index (χ1n) is 6.64. The number of halogens is 1. The van der Waals surface area contributed by atoms with Gasteiger partial charge in [-0.25, -0.2) is 4.39 Å². The van der Waals surface area contributed by atoms with Crippen LogP contribution < -0.4 is 10.1 Å². The summed E-state index contributed by atoms with van der Waals surface area (Å²) >= 11 is 0. The van der Waals surface area contributed by atoms with E-state index in [1.807, 2.05) is 6.92 Å². The largest absolute Gasteiger partial charge is 0.488 e. The number of aromatic nitrogens is 2. The minimum absolute atomic E-state index is 0.0465. The molecular weight excluding hydrogens is 257 g/mol. The van der Waals surface area contributed by atoms with Crippen LogP contribution in [0.3, 0.4) is 0 Å². The fourth-order valence-electron chi connectivity index (χ4n) is 2.27. The van der Waals surface area contributed by atoms with E-state index in [-0.39, 0.29) is 11.9 Å². The van der Waals surface area contributed by atoms with Crippen LogP contribution in [-0.4, -0.2) is 22.6 Å². The molecule has 1 unspecified atom stereocenters. The van der Waals surface area contributed by atoms with Crippen molar-refractivity contribution in [3.8, 4) is 5.75 Å². The number of hydrogen-bond acceptors (Lipinski definition) is 4. The lowest BCUT2D eigenvalue weighted by atomic mass is 10.1. The SMILES string of the molecule is Cc1cnc(CNCC2Cc3cc(F)ccc3O2)cn1. The smallest absolute Gasteiger partial charge is 0.123 e. The maximum Gasteiger partial charge on any atom is 0.123 e. The van der Waals surface area contributed by atoms with Crippen molar-refractivity contribution in [2.24, 2.45) is 0 Å². The third kappa shape index (κ3) is 2.93. The van der Waals surface area contributed by atoms with Crippen molar-refractivity contribution in [1.82, 2.24) is 15.3 Å². The van der Waals surface area contributed by atoms with Gasteiger partial charge in [0.15, 0.2) is 0 Å². The van der Waals surface area contributed by atoms with Crippen molar-refractivity contribution in [2.75, 3.05) is 6.54 Å². The zero-order chi connectivity index (χ0) is 13.9. The molecule has 1 N–H and O–H groups in total. The second-order valence-corrected chi connectivity index (χ2v) is 4.98. The van der Waals surface area contributed by atoms with Crippen molar-refractivity contribution in [2.45, 2.75) is 26.0 Å². The number of hydrogen-bond donors (Lipinski definition) is 1. The summed E-state index contributed by atoms with van der Waals surface area (Å²) in [4.78, 5) is 8.47. The van der Waals surface area contributed by atoms with E-state index in [9.17, 15) is 4.39 Å². The Morgan fingerprint density at radius 3 is 3.05 bits per heavy atom. The fraction of sp³-hybridized carbons (Fsp3) is 0.333. The van der Waals surface area contributed by atoms with Gasteiger partial charge in [0.1, 0.15) is 17.7 Å². The molecule has 0 bridgehead atoms. The van der Waals surface area contributed by atoms with E-state index in [4.69, 9.17) is 4.74 Å². The molecule has 2 heterocycles. The van der Waals surface area contributed by atoms with Crippen LogP contribution in [-0.2, 0) is 13.0 Å². The molecule has 1 aromatic carbocycles. The van der Waals surface area contributed by atoms with E-state index < -0.39 is 0 Å². The summed E-state index contributed by atoms with van der Waals surface area (Å²) in [6, 6.07) is 4.66. The van der Waals surface area contributed by atoms with Crippen molar-refractivity contribution < 1.29 is 9.13 Å². The number of nitrogens with one attached hydrogen (secondary N) is 1. The van der Waals surface area contributed by atoms with E-state index in [0.29, 0.717) is 13.1 Å². The van der Waals surface area contributed by atoms with Gasteiger partial charge >= 0.3 is 0 Å². The molecule has 5 heteroatoms. The van der Waals surface area contributed by atoms with Gasteiger partial charge in [0, 0.05) is 37.5 Å². The molecule has 3 rings (SSSR count). The molecule has 1 atom stereocenters. The van der Waals surface area contributed by atoms with Crippen molar-refractivity contribution in [1.29, 1.82) is 0 Å². The zero-order valence-electron chi connectivity index (χ0n) is 11.3. The van der Waals surface area contributed by atoms with E-state index in [1.165, 1.54) is 6.07 Å². The molecule has 1 aliphatic heterocycles. The number of fused-ring (bicyclic) bond motifs is 1. The lowest BCUT2D eigenvalue weighted by Crippen LogP contribution is -2.30.